The summed E-state index contributed by atoms with van der Waals surface area (Å²) in [6.07, 6.45) is 0. The molecule has 39 heavy (non-hydrogen) atoms. The van der Waals surface area contributed by atoms with E-state index in [9.17, 15) is 13.0 Å². The lowest BCUT2D eigenvalue weighted by atomic mass is 9.96. The molecule has 0 saturated heterocycles. The number of allylic oxidation sites excluding steroid dienone is 2. The van der Waals surface area contributed by atoms with Gasteiger partial charge in [0.2, 0.25) is 0 Å². The van der Waals surface area contributed by atoms with Gasteiger partial charge in [0.1, 0.15) is 4.90 Å². The molecule has 5 heteroatoms. The summed E-state index contributed by atoms with van der Waals surface area (Å²) >= 11 is 0. The van der Waals surface area contributed by atoms with Crippen molar-refractivity contribution in [3.63, 3.8) is 0 Å². The van der Waals surface area contributed by atoms with Crippen LogP contribution in [0.5, 0.6) is 0 Å². The van der Waals surface area contributed by atoms with Gasteiger partial charge in [0.25, 0.3) is 10.1 Å². The lowest BCUT2D eigenvalue weighted by molar-refractivity contribution is 0.484. The number of hydrogen-bond acceptors (Lipinski definition) is 2. The Labute approximate surface area is 245 Å². The Morgan fingerprint density at radius 3 is 1.54 bits per heavy atom. The Balaban J connectivity index is 0.000000180. The summed E-state index contributed by atoms with van der Waals surface area (Å²) in [6, 6.07) is 34.2. The van der Waals surface area contributed by atoms with Crippen molar-refractivity contribution in [3.8, 4) is 0 Å². The molecule has 0 aliphatic carbocycles. The van der Waals surface area contributed by atoms with Crippen LogP contribution in [-0.4, -0.2) is 36.0 Å². The van der Waals surface area contributed by atoms with Gasteiger partial charge in [0.15, 0.2) is 0 Å². The molecule has 0 aromatic heterocycles. The Hall–Kier alpha value is -3.48. The highest BCUT2D eigenvalue weighted by Crippen LogP contribution is 2.34. The number of rotatable bonds is 3. The third-order valence-corrected chi connectivity index (χ3v) is 7.80. The smallest absolute Gasteiger partial charge is 0.282 e. The van der Waals surface area contributed by atoms with Crippen molar-refractivity contribution in [2.24, 2.45) is 0 Å². The first kappa shape index (κ1) is 28.5. The van der Waals surface area contributed by atoms with Crippen LogP contribution >= 0.6 is 0 Å². The fourth-order valence-electron chi connectivity index (χ4n) is 5.09. The van der Waals surface area contributed by atoms with Gasteiger partial charge < -0.3 is 0 Å². The molecule has 6 aromatic carbocycles. The van der Waals surface area contributed by atoms with Crippen LogP contribution < -0.4 is 0 Å². The minimum atomic E-state index is -4.33. The Kier molecular flexibility index (Phi) is 8.28. The summed E-state index contributed by atoms with van der Waals surface area (Å²) in [5, 5.41) is 8.49. The van der Waals surface area contributed by atoms with E-state index in [-0.39, 0.29) is 27.9 Å². The molecule has 0 aliphatic rings. The molecule has 6 rings (SSSR count). The normalized spacial score (nSPS) is 11.2. The van der Waals surface area contributed by atoms with E-state index in [2.05, 4.69) is 74.7 Å². The Morgan fingerprint density at radius 2 is 1.00 bits per heavy atom. The lowest BCUT2D eigenvalue weighted by Gasteiger charge is -2.12. The second-order valence-corrected chi connectivity index (χ2v) is 10.9. The van der Waals surface area contributed by atoms with Crippen molar-refractivity contribution in [3.05, 3.63) is 127 Å². The van der Waals surface area contributed by atoms with Crippen molar-refractivity contribution in [2.75, 3.05) is 0 Å². The summed E-state index contributed by atoms with van der Waals surface area (Å²) < 4.78 is 33.3. The standard InChI is InChI=1S/C17H14O3S.C17H14.Mg.2H/c1-11(2)13-9-10-15-14-6-4-3-5-12(14)7-8-16(15)17(13)21(18,19)20;1-12(2)14-8-5-9-16-15-7-4-3-6-13(15)10-11-17(14)16;;;/h3-10H,1H2,2H3,(H,18,19,20);3-11H,1H2,2H3;;;. The Morgan fingerprint density at radius 1 is 0.538 bits per heavy atom. The minimum absolute atomic E-state index is 0. The predicted molar refractivity (Wildman–Crippen MR) is 171 cm³/mol. The first-order chi connectivity index (χ1) is 18.2. The quantitative estimate of drug-likeness (QED) is 0.139. The molecule has 0 spiro atoms. The van der Waals surface area contributed by atoms with E-state index in [1.807, 2.05) is 36.4 Å². The highest BCUT2D eigenvalue weighted by atomic mass is 32.2. The number of hydrogen-bond donors (Lipinski definition) is 1. The molecule has 1 N–H and O–H groups in total. The minimum Gasteiger partial charge on any atom is -0.282 e. The molecule has 0 bridgehead atoms. The van der Waals surface area contributed by atoms with Crippen LogP contribution in [0.2, 0.25) is 0 Å². The van der Waals surface area contributed by atoms with Gasteiger partial charge in [-0.1, -0.05) is 122 Å². The van der Waals surface area contributed by atoms with E-state index in [1.165, 1.54) is 27.1 Å². The second-order valence-electron chi connectivity index (χ2n) is 9.55. The van der Waals surface area contributed by atoms with Gasteiger partial charge in [0.05, 0.1) is 0 Å². The SMILES string of the molecule is C=C(C)c1ccc2c(ccc3ccccc32)c1S(=O)(=O)O.C=C(C)c1cccc2c1ccc1ccccc12.[MgH2]. The highest BCUT2D eigenvalue weighted by molar-refractivity contribution is 7.86. The lowest BCUT2D eigenvalue weighted by Crippen LogP contribution is -2.03. The second kappa shape index (κ2) is 11.3. The predicted octanol–water partition coefficient (Wildman–Crippen LogP) is 8.38. The van der Waals surface area contributed by atoms with E-state index in [0.717, 1.165) is 21.7 Å². The molecule has 0 radical (unpaired) electrons. The fourth-order valence-corrected chi connectivity index (χ4v) is 6.06. The molecule has 0 atom stereocenters. The van der Waals surface area contributed by atoms with Crippen molar-refractivity contribution >= 4 is 87.4 Å². The fraction of sp³-hybridized carbons (Fsp3) is 0.0588. The zero-order chi connectivity index (χ0) is 27.0. The van der Waals surface area contributed by atoms with Gasteiger partial charge in [-0.25, -0.2) is 0 Å². The number of benzene rings is 6. The van der Waals surface area contributed by atoms with E-state index >= 15 is 0 Å². The molecule has 0 unspecified atom stereocenters. The van der Waals surface area contributed by atoms with Crippen LogP contribution in [0.4, 0.5) is 0 Å². The molecule has 0 saturated carbocycles. The molecule has 192 valence electrons. The van der Waals surface area contributed by atoms with Crippen molar-refractivity contribution in [1.82, 2.24) is 0 Å². The van der Waals surface area contributed by atoms with Gasteiger partial charge in [0, 0.05) is 5.39 Å². The molecule has 0 aliphatic heterocycles. The third-order valence-electron chi connectivity index (χ3n) is 6.84. The zero-order valence-corrected chi connectivity index (χ0v) is 22.2. The average molecular weight is 543 g/mol. The van der Waals surface area contributed by atoms with Gasteiger partial charge in [-0.3, -0.25) is 4.55 Å². The molecule has 0 amide bonds. The average Bonchev–Trinajstić information content (AvgIpc) is 2.91. The van der Waals surface area contributed by atoms with Gasteiger partial charge >= 0.3 is 23.1 Å². The van der Waals surface area contributed by atoms with Crippen molar-refractivity contribution < 1.29 is 13.0 Å². The molecule has 3 nitrogen and oxygen atoms in total. The van der Waals surface area contributed by atoms with Gasteiger partial charge in [-0.2, -0.15) is 8.42 Å². The van der Waals surface area contributed by atoms with E-state index in [0.29, 0.717) is 16.5 Å². The summed E-state index contributed by atoms with van der Waals surface area (Å²) in [5.41, 5.74) is 3.40. The Bertz CT molecular complexity index is 2010. The number of fused-ring (bicyclic) bond motifs is 6. The third kappa shape index (κ3) is 5.49. The molecule has 6 aromatic rings. The summed E-state index contributed by atoms with van der Waals surface area (Å²) in [5.74, 6) is 0. The first-order valence-electron chi connectivity index (χ1n) is 12.3. The van der Waals surface area contributed by atoms with Crippen LogP contribution in [0.25, 0.3) is 54.2 Å². The largest absolute Gasteiger partial charge is 0.316 e. The maximum atomic E-state index is 11.8. The van der Waals surface area contributed by atoms with Crippen molar-refractivity contribution in [1.29, 1.82) is 0 Å². The maximum absolute atomic E-state index is 11.8. The zero-order valence-electron chi connectivity index (χ0n) is 21.4. The summed E-state index contributed by atoms with van der Waals surface area (Å²) in [7, 11) is -4.33. The molecule has 0 fully saturated rings. The summed E-state index contributed by atoms with van der Waals surface area (Å²) in [4.78, 5) is -0.0711. The topological polar surface area (TPSA) is 54.4 Å². The van der Waals surface area contributed by atoms with Gasteiger partial charge in [-0.15, -0.1) is 0 Å². The summed E-state index contributed by atoms with van der Waals surface area (Å²) in [6.45, 7) is 11.6. The monoisotopic (exact) mass is 542 g/mol. The van der Waals surface area contributed by atoms with Gasteiger partial charge in [-0.05, 0) is 68.3 Å². The van der Waals surface area contributed by atoms with Crippen LogP contribution in [0, 0.1) is 0 Å². The van der Waals surface area contributed by atoms with Crippen LogP contribution in [0.3, 0.4) is 0 Å². The van der Waals surface area contributed by atoms with E-state index in [1.54, 1.807) is 19.1 Å². The maximum Gasteiger partial charge on any atom is 0.316 e. The first-order valence-corrected chi connectivity index (χ1v) is 13.7. The molecular weight excluding hydrogens is 513 g/mol. The van der Waals surface area contributed by atoms with Crippen LogP contribution in [0.1, 0.15) is 25.0 Å². The van der Waals surface area contributed by atoms with E-state index < -0.39 is 10.1 Å². The molecule has 0 heterocycles. The molecular formula is C34H30MgO3S. The highest BCUT2D eigenvalue weighted by Gasteiger charge is 2.20. The van der Waals surface area contributed by atoms with Crippen molar-refractivity contribution in [2.45, 2.75) is 18.7 Å². The van der Waals surface area contributed by atoms with Crippen LogP contribution in [-0.2, 0) is 10.1 Å². The van der Waals surface area contributed by atoms with Crippen LogP contribution in [0.15, 0.2) is 121 Å². The van der Waals surface area contributed by atoms with E-state index in [4.69, 9.17) is 0 Å².